The Morgan fingerprint density at radius 3 is 2.58 bits per heavy atom. The lowest BCUT2D eigenvalue weighted by Gasteiger charge is -2.21. The summed E-state index contributed by atoms with van der Waals surface area (Å²) in [6, 6.07) is 10.5. The molecule has 1 heterocycles. The first kappa shape index (κ1) is 12.6. The van der Waals surface area contributed by atoms with Crippen LogP contribution in [0.3, 0.4) is 0 Å². The fourth-order valence-electron chi connectivity index (χ4n) is 2.75. The van der Waals surface area contributed by atoms with Gasteiger partial charge in [-0.15, -0.1) is 0 Å². The van der Waals surface area contributed by atoms with Crippen LogP contribution in [0.4, 0.5) is 0 Å². The Labute approximate surface area is 117 Å². The maximum Gasteiger partial charge on any atom is 0.222 e. The van der Waals surface area contributed by atoms with E-state index in [4.69, 9.17) is 4.98 Å². The molecule has 4 heteroatoms. The Balaban J connectivity index is 2.05. The van der Waals surface area contributed by atoms with E-state index in [0.29, 0.717) is 5.92 Å². The summed E-state index contributed by atoms with van der Waals surface area (Å²) >= 11 is 1.65. The summed E-state index contributed by atoms with van der Waals surface area (Å²) in [6.45, 7) is 0. The summed E-state index contributed by atoms with van der Waals surface area (Å²) in [5, 5.41) is 0. The van der Waals surface area contributed by atoms with Crippen molar-refractivity contribution in [1.82, 2.24) is 8.94 Å². The third kappa shape index (κ3) is 2.63. The first-order valence-corrected chi connectivity index (χ1v) is 7.74. The molecule has 19 heavy (non-hydrogen) atoms. The number of aromatic nitrogens is 2. The highest BCUT2D eigenvalue weighted by atomic mass is 32.1. The minimum atomic E-state index is 0.598. The zero-order chi connectivity index (χ0) is 13.1. The molecule has 3 rings (SSSR count). The molecule has 1 saturated carbocycles. The molecule has 1 fully saturated rings. The van der Waals surface area contributed by atoms with E-state index in [0.717, 1.165) is 4.80 Å². The molecule has 0 radical (unpaired) electrons. The predicted molar refractivity (Wildman–Crippen MR) is 78.8 cm³/mol. The second-order valence-electron chi connectivity index (χ2n) is 5.03. The van der Waals surface area contributed by atoms with Crippen molar-refractivity contribution >= 4 is 11.5 Å². The van der Waals surface area contributed by atoms with Crippen molar-refractivity contribution < 1.29 is 0 Å². The molecule has 0 unspecified atom stereocenters. The van der Waals surface area contributed by atoms with Crippen LogP contribution in [0.15, 0.2) is 35.3 Å². The Kier molecular flexibility index (Phi) is 3.78. The molecule has 0 amide bonds. The lowest BCUT2D eigenvalue weighted by molar-refractivity contribution is 0.426. The van der Waals surface area contributed by atoms with E-state index in [2.05, 4.69) is 39.3 Å². The van der Waals surface area contributed by atoms with Gasteiger partial charge in [-0.3, -0.25) is 4.99 Å². The normalized spacial score (nSPS) is 17.8. The summed E-state index contributed by atoms with van der Waals surface area (Å²) in [5.74, 6) is 1.80. The molecular weight excluding hydrogens is 254 g/mol. The number of rotatable bonds is 2. The lowest BCUT2D eigenvalue weighted by Crippen LogP contribution is -2.11. The molecule has 0 saturated heterocycles. The van der Waals surface area contributed by atoms with Gasteiger partial charge in [-0.1, -0.05) is 37.5 Å². The third-order valence-corrected chi connectivity index (χ3v) is 4.76. The minimum absolute atomic E-state index is 0.598. The topological polar surface area (TPSA) is 30.2 Å². The second-order valence-corrected chi connectivity index (χ2v) is 5.95. The molecule has 0 aliphatic heterocycles. The molecule has 3 nitrogen and oxygen atoms in total. The van der Waals surface area contributed by atoms with Crippen molar-refractivity contribution in [3.8, 4) is 5.69 Å². The fraction of sp³-hybridized carbons (Fsp3) is 0.467. The van der Waals surface area contributed by atoms with Gasteiger partial charge in [-0.05, 0) is 36.5 Å². The number of hydrogen-bond donors (Lipinski definition) is 0. The molecule has 100 valence electrons. The van der Waals surface area contributed by atoms with Crippen molar-refractivity contribution in [3.63, 3.8) is 0 Å². The Morgan fingerprint density at radius 2 is 1.89 bits per heavy atom. The smallest absolute Gasteiger partial charge is 0.222 e. The van der Waals surface area contributed by atoms with Gasteiger partial charge in [-0.2, -0.15) is 0 Å². The van der Waals surface area contributed by atoms with Crippen LogP contribution in [0.1, 0.15) is 43.8 Å². The number of para-hydroxylation sites is 1. The molecule has 1 aromatic carbocycles. The van der Waals surface area contributed by atoms with Gasteiger partial charge >= 0.3 is 0 Å². The van der Waals surface area contributed by atoms with Gasteiger partial charge in [0.2, 0.25) is 4.80 Å². The SMILES string of the molecule is CN=c1nc(C2CCCCC2)n(-c2ccccc2)s1. The average molecular weight is 273 g/mol. The van der Waals surface area contributed by atoms with Crippen LogP contribution >= 0.6 is 11.5 Å². The van der Waals surface area contributed by atoms with Gasteiger partial charge in [0.25, 0.3) is 0 Å². The van der Waals surface area contributed by atoms with E-state index >= 15 is 0 Å². The zero-order valence-electron chi connectivity index (χ0n) is 11.2. The molecular formula is C15H19N3S. The van der Waals surface area contributed by atoms with Gasteiger partial charge in [-0.25, -0.2) is 8.94 Å². The van der Waals surface area contributed by atoms with Crippen LogP contribution in [0.2, 0.25) is 0 Å². The first-order valence-electron chi connectivity index (χ1n) is 6.97. The van der Waals surface area contributed by atoms with Crippen molar-refractivity contribution in [2.45, 2.75) is 38.0 Å². The van der Waals surface area contributed by atoms with Gasteiger partial charge in [0.05, 0.1) is 5.69 Å². The third-order valence-electron chi connectivity index (χ3n) is 3.74. The van der Waals surface area contributed by atoms with Crippen molar-refractivity contribution in [1.29, 1.82) is 0 Å². The van der Waals surface area contributed by atoms with Crippen LogP contribution < -0.4 is 4.80 Å². The molecule has 0 spiro atoms. The second kappa shape index (κ2) is 5.70. The van der Waals surface area contributed by atoms with Gasteiger partial charge in [0.15, 0.2) is 0 Å². The van der Waals surface area contributed by atoms with Gasteiger partial charge in [0, 0.05) is 13.0 Å². The Morgan fingerprint density at radius 1 is 1.16 bits per heavy atom. The summed E-state index contributed by atoms with van der Waals surface area (Å²) in [7, 11) is 1.82. The van der Waals surface area contributed by atoms with E-state index in [-0.39, 0.29) is 0 Å². The summed E-state index contributed by atoms with van der Waals surface area (Å²) in [5.41, 5.74) is 1.20. The lowest BCUT2D eigenvalue weighted by atomic mass is 9.88. The molecule has 0 atom stereocenters. The standard InChI is InChI=1S/C15H19N3S/c1-16-15-17-14(12-8-4-2-5-9-12)18(19-15)13-10-6-3-7-11-13/h3,6-7,10-12H,2,4-5,8-9H2,1H3. The van der Waals surface area contributed by atoms with Crippen LogP contribution in [-0.4, -0.2) is 16.0 Å². The van der Waals surface area contributed by atoms with Gasteiger partial charge < -0.3 is 0 Å². The van der Waals surface area contributed by atoms with Gasteiger partial charge in [0.1, 0.15) is 5.82 Å². The van der Waals surface area contributed by atoms with E-state index in [9.17, 15) is 0 Å². The van der Waals surface area contributed by atoms with E-state index in [1.807, 2.05) is 7.05 Å². The van der Waals surface area contributed by atoms with Crippen molar-refractivity contribution in [2.75, 3.05) is 7.05 Å². The van der Waals surface area contributed by atoms with Crippen LogP contribution in [-0.2, 0) is 0 Å². The Hall–Kier alpha value is -1.42. The maximum absolute atomic E-state index is 4.74. The summed E-state index contributed by atoms with van der Waals surface area (Å²) in [4.78, 5) is 9.88. The van der Waals surface area contributed by atoms with E-state index in [1.165, 1.54) is 43.6 Å². The van der Waals surface area contributed by atoms with Crippen LogP contribution in [0.5, 0.6) is 0 Å². The number of hydrogen-bond acceptors (Lipinski definition) is 3. The minimum Gasteiger partial charge on any atom is -0.260 e. The molecule has 2 aromatic rings. The fourth-order valence-corrected chi connectivity index (χ4v) is 3.64. The molecule has 1 aliphatic rings. The average Bonchev–Trinajstić information content (AvgIpc) is 2.93. The predicted octanol–water partition coefficient (Wildman–Crippen LogP) is 3.51. The molecule has 0 bridgehead atoms. The van der Waals surface area contributed by atoms with E-state index < -0.39 is 0 Å². The highest BCUT2D eigenvalue weighted by molar-refractivity contribution is 7.03. The number of benzene rings is 1. The summed E-state index contributed by atoms with van der Waals surface area (Å²) < 4.78 is 2.26. The first-order chi connectivity index (χ1) is 9.38. The largest absolute Gasteiger partial charge is 0.260 e. The highest BCUT2D eigenvalue weighted by Crippen LogP contribution is 2.32. The quantitative estimate of drug-likeness (QED) is 0.823. The molecule has 0 N–H and O–H groups in total. The molecule has 1 aromatic heterocycles. The zero-order valence-corrected chi connectivity index (χ0v) is 12.1. The van der Waals surface area contributed by atoms with Crippen LogP contribution in [0, 0.1) is 0 Å². The summed E-state index contributed by atoms with van der Waals surface area (Å²) in [6.07, 6.45) is 6.56. The maximum atomic E-state index is 4.74. The molecule has 1 aliphatic carbocycles. The van der Waals surface area contributed by atoms with Crippen LogP contribution in [0.25, 0.3) is 5.69 Å². The Bertz CT molecular complexity index is 591. The highest BCUT2D eigenvalue weighted by Gasteiger charge is 2.21. The van der Waals surface area contributed by atoms with Crippen molar-refractivity contribution in [3.05, 3.63) is 41.0 Å². The number of nitrogens with zero attached hydrogens (tertiary/aromatic N) is 3. The van der Waals surface area contributed by atoms with E-state index in [1.54, 1.807) is 11.5 Å². The van der Waals surface area contributed by atoms with Crippen molar-refractivity contribution in [2.24, 2.45) is 4.99 Å². The monoisotopic (exact) mass is 273 g/mol.